The maximum absolute atomic E-state index is 11.6. The molecule has 1 aromatic rings. The fourth-order valence-corrected chi connectivity index (χ4v) is 1.42. The third-order valence-electron chi connectivity index (χ3n) is 2.27. The maximum atomic E-state index is 11.6. The Bertz CT molecular complexity index is 517. The number of amides is 1. The molecule has 4 heteroatoms. The quantitative estimate of drug-likeness (QED) is 0.817. The Morgan fingerprint density at radius 3 is 2.37 bits per heavy atom. The first kappa shape index (κ1) is 14.8. The summed E-state index contributed by atoms with van der Waals surface area (Å²) in [4.78, 5) is 11.6. The van der Waals surface area contributed by atoms with E-state index in [1.165, 1.54) is 6.08 Å². The number of allylic oxidation sites excluding steroid dienone is 2. The van der Waals surface area contributed by atoms with Gasteiger partial charge in [-0.1, -0.05) is 12.1 Å². The number of anilines is 1. The van der Waals surface area contributed by atoms with Gasteiger partial charge in [-0.25, -0.2) is 4.79 Å². The van der Waals surface area contributed by atoms with E-state index in [9.17, 15) is 4.79 Å². The summed E-state index contributed by atoms with van der Waals surface area (Å²) in [7, 11) is 0. The Morgan fingerprint density at radius 1 is 1.32 bits per heavy atom. The number of nitrogens with zero attached hydrogens (tertiary/aromatic N) is 1. The number of carbonyl (C=O) groups excluding carboxylic acids is 1. The zero-order chi connectivity index (χ0) is 14.5. The van der Waals surface area contributed by atoms with Crippen LogP contribution in [0.15, 0.2) is 30.3 Å². The van der Waals surface area contributed by atoms with Gasteiger partial charge >= 0.3 is 6.09 Å². The number of hydrogen-bond donors (Lipinski definition) is 1. The smallest absolute Gasteiger partial charge is 0.412 e. The number of rotatable bonds is 2. The number of ether oxygens (including phenoxy) is 1. The number of hydrogen-bond acceptors (Lipinski definition) is 3. The second-order valence-electron chi connectivity index (χ2n) is 5.16. The van der Waals surface area contributed by atoms with Gasteiger partial charge in [0.15, 0.2) is 0 Å². The monoisotopic (exact) mass is 258 g/mol. The Hall–Kier alpha value is -2.28. The molecule has 4 nitrogen and oxygen atoms in total. The van der Waals surface area contributed by atoms with Crippen molar-refractivity contribution in [2.24, 2.45) is 0 Å². The first-order chi connectivity index (χ1) is 8.81. The van der Waals surface area contributed by atoms with E-state index in [0.717, 1.165) is 11.1 Å². The second-order valence-corrected chi connectivity index (χ2v) is 5.16. The van der Waals surface area contributed by atoms with Gasteiger partial charge in [0.25, 0.3) is 0 Å². The molecule has 0 aliphatic heterocycles. The maximum Gasteiger partial charge on any atom is 0.412 e. The minimum Gasteiger partial charge on any atom is -0.444 e. The Kier molecular flexibility index (Phi) is 4.71. The van der Waals surface area contributed by atoms with Crippen LogP contribution in [0, 0.1) is 11.3 Å². The van der Waals surface area contributed by atoms with Crippen LogP contribution in [0.3, 0.4) is 0 Å². The van der Waals surface area contributed by atoms with Crippen LogP contribution < -0.4 is 5.32 Å². The molecule has 0 heterocycles. The van der Waals surface area contributed by atoms with Crippen molar-refractivity contribution in [2.75, 3.05) is 5.32 Å². The van der Waals surface area contributed by atoms with E-state index < -0.39 is 11.7 Å². The lowest BCUT2D eigenvalue weighted by atomic mass is 10.1. The molecule has 1 N–H and O–H groups in total. The Morgan fingerprint density at radius 2 is 1.89 bits per heavy atom. The lowest BCUT2D eigenvalue weighted by molar-refractivity contribution is 0.0636. The van der Waals surface area contributed by atoms with Crippen LogP contribution in [-0.2, 0) is 4.74 Å². The zero-order valence-electron chi connectivity index (χ0n) is 11.7. The predicted molar refractivity (Wildman–Crippen MR) is 75.6 cm³/mol. The molecule has 1 aromatic carbocycles. The molecular formula is C15H18N2O2. The fraction of sp³-hybridized carbons (Fsp3) is 0.333. The van der Waals surface area contributed by atoms with E-state index in [-0.39, 0.29) is 0 Å². The van der Waals surface area contributed by atoms with Gasteiger partial charge in [0.2, 0.25) is 0 Å². The average molecular weight is 258 g/mol. The molecule has 0 aliphatic carbocycles. The molecule has 0 atom stereocenters. The number of nitriles is 1. The van der Waals surface area contributed by atoms with Crippen LogP contribution in [0.5, 0.6) is 0 Å². The van der Waals surface area contributed by atoms with E-state index >= 15 is 0 Å². The molecule has 0 aromatic heterocycles. The van der Waals surface area contributed by atoms with Gasteiger partial charge in [0.1, 0.15) is 5.60 Å². The first-order valence-electron chi connectivity index (χ1n) is 5.98. The third kappa shape index (κ3) is 5.26. The number of nitrogens with one attached hydrogen (secondary N) is 1. The molecule has 0 unspecified atom stereocenters. The van der Waals surface area contributed by atoms with Crippen molar-refractivity contribution in [1.29, 1.82) is 5.26 Å². The molecule has 0 bridgehead atoms. The van der Waals surface area contributed by atoms with E-state index in [4.69, 9.17) is 10.00 Å². The topological polar surface area (TPSA) is 62.1 Å². The zero-order valence-corrected chi connectivity index (χ0v) is 11.7. The highest BCUT2D eigenvalue weighted by Gasteiger charge is 2.15. The highest BCUT2D eigenvalue weighted by Crippen LogP contribution is 2.17. The van der Waals surface area contributed by atoms with Gasteiger partial charge in [0, 0.05) is 11.8 Å². The third-order valence-corrected chi connectivity index (χ3v) is 2.27. The van der Waals surface area contributed by atoms with Crippen LogP contribution in [0.25, 0.3) is 5.57 Å². The molecule has 0 saturated carbocycles. The lowest BCUT2D eigenvalue weighted by Gasteiger charge is -2.19. The SMILES string of the molecule is C/C(=C\C#N)c1ccc(NC(=O)OC(C)(C)C)cc1. The minimum absolute atomic E-state index is 0.482. The highest BCUT2D eigenvalue weighted by atomic mass is 16.6. The first-order valence-corrected chi connectivity index (χ1v) is 5.98. The molecule has 0 fully saturated rings. The van der Waals surface area contributed by atoms with E-state index in [1.54, 1.807) is 12.1 Å². The van der Waals surface area contributed by atoms with Crippen LogP contribution in [0.1, 0.15) is 33.3 Å². The van der Waals surface area contributed by atoms with Gasteiger partial charge in [-0.05, 0) is 51.0 Å². The van der Waals surface area contributed by atoms with Gasteiger partial charge in [-0.2, -0.15) is 5.26 Å². The molecule has 0 radical (unpaired) electrons. The highest BCUT2D eigenvalue weighted by molar-refractivity contribution is 5.85. The van der Waals surface area contributed by atoms with Crippen molar-refractivity contribution in [1.82, 2.24) is 0 Å². The second kappa shape index (κ2) is 6.05. The molecule has 0 aliphatic rings. The fourth-order valence-electron chi connectivity index (χ4n) is 1.42. The Labute approximate surface area is 113 Å². The minimum atomic E-state index is -0.518. The van der Waals surface area contributed by atoms with Crippen molar-refractivity contribution in [2.45, 2.75) is 33.3 Å². The van der Waals surface area contributed by atoms with Gasteiger partial charge in [0.05, 0.1) is 6.07 Å². The van der Waals surface area contributed by atoms with Crippen LogP contribution in [0.2, 0.25) is 0 Å². The summed E-state index contributed by atoms with van der Waals surface area (Å²) in [6.07, 6.45) is 1.00. The Balaban J connectivity index is 2.71. The molecule has 1 amide bonds. The summed E-state index contributed by atoms with van der Waals surface area (Å²) in [5.41, 5.74) is 1.96. The normalized spacial score (nSPS) is 11.6. The standard InChI is InChI=1S/C15H18N2O2/c1-11(9-10-16)12-5-7-13(8-6-12)17-14(18)19-15(2,3)4/h5-9H,1-4H3,(H,17,18)/b11-9+. The van der Waals surface area contributed by atoms with Gasteiger partial charge in [-0.15, -0.1) is 0 Å². The summed E-state index contributed by atoms with van der Waals surface area (Å²) < 4.78 is 5.15. The summed E-state index contributed by atoms with van der Waals surface area (Å²) >= 11 is 0. The predicted octanol–water partition coefficient (Wildman–Crippen LogP) is 3.96. The number of benzene rings is 1. The van der Waals surface area contributed by atoms with Crippen LogP contribution in [-0.4, -0.2) is 11.7 Å². The molecule has 19 heavy (non-hydrogen) atoms. The van der Waals surface area contributed by atoms with Crippen molar-refractivity contribution in [3.63, 3.8) is 0 Å². The van der Waals surface area contributed by atoms with E-state index in [1.807, 2.05) is 45.9 Å². The van der Waals surface area contributed by atoms with Crippen LogP contribution >= 0.6 is 0 Å². The van der Waals surface area contributed by atoms with Gasteiger partial charge in [-0.3, -0.25) is 5.32 Å². The molecule has 1 rings (SSSR count). The molecule has 100 valence electrons. The molecular weight excluding hydrogens is 240 g/mol. The largest absolute Gasteiger partial charge is 0.444 e. The summed E-state index contributed by atoms with van der Waals surface area (Å²) in [6, 6.07) is 9.22. The van der Waals surface area contributed by atoms with Crippen molar-refractivity contribution < 1.29 is 9.53 Å². The number of carbonyl (C=O) groups is 1. The van der Waals surface area contributed by atoms with Crippen LogP contribution in [0.4, 0.5) is 10.5 Å². The van der Waals surface area contributed by atoms with Crippen molar-refractivity contribution in [3.05, 3.63) is 35.9 Å². The van der Waals surface area contributed by atoms with Crippen molar-refractivity contribution in [3.8, 4) is 6.07 Å². The molecule has 0 saturated heterocycles. The van der Waals surface area contributed by atoms with Crippen molar-refractivity contribution >= 4 is 17.4 Å². The van der Waals surface area contributed by atoms with Gasteiger partial charge < -0.3 is 4.74 Å². The summed E-state index contributed by atoms with van der Waals surface area (Å²) in [5.74, 6) is 0. The lowest BCUT2D eigenvalue weighted by Crippen LogP contribution is -2.27. The molecule has 0 spiro atoms. The van der Waals surface area contributed by atoms with E-state index in [2.05, 4.69) is 5.32 Å². The average Bonchev–Trinajstić information content (AvgIpc) is 2.27. The summed E-state index contributed by atoms with van der Waals surface area (Å²) in [6.45, 7) is 7.29. The summed E-state index contributed by atoms with van der Waals surface area (Å²) in [5, 5.41) is 11.2. The van der Waals surface area contributed by atoms with E-state index in [0.29, 0.717) is 5.69 Å².